The van der Waals surface area contributed by atoms with E-state index in [1.165, 1.54) is 0 Å². The van der Waals surface area contributed by atoms with Gasteiger partial charge in [-0.25, -0.2) is 9.78 Å². The van der Waals surface area contributed by atoms with E-state index < -0.39 is 5.97 Å². The minimum Gasteiger partial charge on any atom is -0.478 e. The molecule has 108 valence electrons. The number of fused-ring (bicyclic) bond motifs is 1. The third-order valence-electron chi connectivity index (χ3n) is 3.56. The van der Waals surface area contributed by atoms with Gasteiger partial charge in [-0.2, -0.15) is 0 Å². The van der Waals surface area contributed by atoms with Gasteiger partial charge in [0.15, 0.2) is 0 Å². The fourth-order valence-electron chi connectivity index (χ4n) is 2.37. The molecule has 0 saturated heterocycles. The van der Waals surface area contributed by atoms with Gasteiger partial charge >= 0.3 is 5.97 Å². The maximum absolute atomic E-state index is 11.2. The van der Waals surface area contributed by atoms with E-state index in [4.69, 9.17) is 0 Å². The van der Waals surface area contributed by atoms with E-state index in [2.05, 4.69) is 4.98 Å². The number of aromatic nitrogens is 2. The zero-order valence-corrected chi connectivity index (χ0v) is 11.8. The molecular formula is C15H20N2O3. The Labute approximate surface area is 117 Å². The Morgan fingerprint density at radius 2 is 2.15 bits per heavy atom. The van der Waals surface area contributed by atoms with Gasteiger partial charge in [0.2, 0.25) is 0 Å². The molecule has 0 aliphatic heterocycles. The molecule has 2 rings (SSSR count). The van der Waals surface area contributed by atoms with Crippen molar-refractivity contribution in [3.05, 3.63) is 29.6 Å². The minimum absolute atomic E-state index is 0.229. The number of hydrogen-bond acceptors (Lipinski definition) is 3. The molecule has 1 aromatic carbocycles. The van der Waals surface area contributed by atoms with Crippen LogP contribution in [0.4, 0.5) is 0 Å². The van der Waals surface area contributed by atoms with Gasteiger partial charge in [-0.05, 0) is 25.0 Å². The van der Waals surface area contributed by atoms with Crippen molar-refractivity contribution in [2.75, 3.05) is 0 Å². The van der Waals surface area contributed by atoms with E-state index in [-0.39, 0.29) is 11.7 Å². The van der Waals surface area contributed by atoms with E-state index in [9.17, 15) is 15.0 Å². The van der Waals surface area contributed by atoms with Crippen LogP contribution in [-0.2, 0) is 13.0 Å². The van der Waals surface area contributed by atoms with Crippen LogP contribution >= 0.6 is 0 Å². The molecule has 0 amide bonds. The summed E-state index contributed by atoms with van der Waals surface area (Å²) >= 11 is 0. The zero-order valence-electron chi connectivity index (χ0n) is 11.8. The molecule has 0 bridgehead atoms. The molecule has 1 heterocycles. The van der Waals surface area contributed by atoms with Gasteiger partial charge in [0, 0.05) is 13.0 Å². The molecule has 1 aromatic heterocycles. The standard InChI is InChI=1S/C15H20N2O3/c1-3-10(18)8-9-17-12-7-5-6-11(15(19)20)14(12)16-13(17)4-2/h5-7,10,18H,3-4,8-9H2,1-2H3,(H,19,20). The number of aromatic carboxylic acids is 1. The third kappa shape index (κ3) is 2.67. The van der Waals surface area contributed by atoms with Crippen molar-refractivity contribution < 1.29 is 15.0 Å². The fraction of sp³-hybridized carbons (Fsp3) is 0.467. The summed E-state index contributed by atoms with van der Waals surface area (Å²) in [5.74, 6) is -0.103. The van der Waals surface area contributed by atoms with Crippen LogP contribution in [0.1, 0.15) is 42.9 Å². The van der Waals surface area contributed by atoms with Crippen LogP contribution in [0.5, 0.6) is 0 Å². The van der Waals surface area contributed by atoms with Gasteiger partial charge in [0.05, 0.1) is 17.2 Å². The van der Waals surface area contributed by atoms with Crippen LogP contribution in [0.15, 0.2) is 18.2 Å². The Kier molecular flexibility index (Phi) is 4.39. The Bertz CT molecular complexity index is 619. The molecule has 0 aliphatic rings. The lowest BCUT2D eigenvalue weighted by atomic mass is 10.1. The number of imidazole rings is 1. The highest BCUT2D eigenvalue weighted by atomic mass is 16.4. The lowest BCUT2D eigenvalue weighted by molar-refractivity contribution is 0.0699. The predicted molar refractivity (Wildman–Crippen MR) is 77.0 cm³/mol. The Balaban J connectivity index is 2.47. The molecule has 2 N–H and O–H groups in total. The smallest absolute Gasteiger partial charge is 0.337 e. The number of benzene rings is 1. The summed E-state index contributed by atoms with van der Waals surface area (Å²) in [6.45, 7) is 4.59. The van der Waals surface area contributed by atoms with Crippen molar-refractivity contribution in [1.29, 1.82) is 0 Å². The van der Waals surface area contributed by atoms with Crippen LogP contribution in [0.25, 0.3) is 11.0 Å². The first-order valence-electron chi connectivity index (χ1n) is 6.97. The Morgan fingerprint density at radius 1 is 1.40 bits per heavy atom. The second-order valence-electron chi connectivity index (χ2n) is 4.86. The number of carboxylic acid groups (broad SMARTS) is 1. The highest BCUT2D eigenvalue weighted by Crippen LogP contribution is 2.21. The summed E-state index contributed by atoms with van der Waals surface area (Å²) in [5, 5.41) is 18.9. The second-order valence-corrected chi connectivity index (χ2v) is 4.86. The number of aliphatic hydroxyl groups is 1. The summed E-state index contributed by atoms with van der Waals surface area (Å²) in [5.41, 5.74) is 1.58. The Morgan fingerprint density at radius 3 is 2.75 bits per heavy atom. The van der Waals surface area contributed by atoms with E-state index in [1.54, 1.807) is 12.1 Å². The average Bonchev–Trinajstić information content (AvgIpc) is 2.81. The molecule has 0 radical (unpaired) electrons. The maximum Gasteiger partial charge on any atom is 0.337 e. The van der Waals surface area contributed by atoms with Crippen molar-refractivity contribution in [2.24, 2.45) is 0 Å². The molecule has 20 heavy (non-hydrogen) atoms. The molecule has 1 atom stereocenters. The second kappa shape index (κ2) is 6.05. The third-order valence-corrected chi connectivity index (χ3v) is 3.56. The number of carboxylic acids is 1. The Hall–Kier alpha value is -1.88. The predicted octanol–water partition coefficient (Wildman–Crippen LogP) is 2.46. The topological polar surface area (TPSA) is 75.3 Å². The number of nitrogens with zero attached hydrogens (tertiary/aromatic N) is 2. The van der Waals surface area contributed by atoms with Crippen LogP contribution in [-0.4, -0.2) is 31.8 Å². The lowest BCUT2D eigenvalue weighted by Crippen LogP contribution is -2.11. The normalized spacial score (nSPS) is 12.8. The summed E-state index contributed by atoms with van der Waals surface area (Å²) < 4.78 is 2.01. The molecule has 1 unspecified atom stereocenters. The van der Waals surface area contributed by atoms with E-state index in [0.717, 1.165) is 17.8 Å². The van der Waals surface area contributed by atoms with Crippen molar-refractivity contribution >= 4 is 17.0 Å². The van der Waals surface area contributed by atoms with Gasteiger partial charge in [-0.3, -0.25) is 0 Å². The summed E-state index contributed by atoms with van der Waals surface area (Å²) in [4.78, 5) is 15.7. The summed E-state index contributed by atoms with van der Waals surface area (Å²) in [6, 6.07) is 5.19. The van der Waals surface area contributed by atoms with E-state index >= 15 is 0 Å². The quantitative estimate of drug-likeness (QED) is 0.849. The van der Waals surface area contributed by atoms with Gasteiger partial charge in [-0.1, -0.05) is 19.9 Å². The molecular weight excluding hydrogens is 256 g/mol. The summed E-state index contributed by atoms with van der Waals surface area (Å²) in [6.07, 6.45) is 1.76. The van der Waals surface area contributed by atoms with Crippen LogP contribution in [0.3, 0.4) is 0 Å². The van der Waals surface area contributed by atoms with Crippen molar-refractivity contribution in [1.82, 2.24) is 9.55 Å². The number of carbonyl (C=O) groups is 1. The molecule has 2 aromatic rings. The zero-order chi connectivity index (χ0) is 14.7. The van der Waals surface area contributed by atoms with Crippen LogP contribution in [0.2, 0.25) is 0 Å². The van der Waals surface area contributed by atoms with Crippen molar-refractivity contribution in [3.63, 3.8) is 0 Å². The number of aryl methyl sites for hydroxylation is 2. The molecule has 5 nitrogen and oxygen atoms in total. The molecule has 0 aliphatic carbocycles. The number of aliphatic hydroxyl groups excluding tert-OH is 1. The molecule has 5 heteroatoms. The first kappa shape index (κ1) is 14.5. The van der Waals surface area contributed by atoms with E-state index in [0.29, 0.717) is 24.9 Å². The molecule has 0 spiro atoms. The van der Waals surface area contributed by atoms with Gasteiger partial charge in [0.25, 0.3) is 0 Å². The van der Waals surface area contributed by atoms with Crippen LogP contribution < -0.4 is 0 Å². The number of rotatable bonds is 6. The number of hydrogen-bond donors (Lipinski definition) is 2. The van der Waals surface area contributed by atoms with Gasteiger partial charge in [0.1, 0.15) is 11.3 Å². The molecule has 0 fully saturated rings. The highest BCUT2D eigenvalue weighted by molar-refractivity contribution is 6.01. The lowest BCUT2D eigenvalue weighted by Gasteiger charge is -2.11. The molecule has 0 saturated carbocycles. The van der Waals surface area contributed by atoms with E-state index in [1.807, 2.05) is 24.5 Å². The highest BCUT2D eigenvalue weighted by Gasteiger charge is 2.16. The minimum atomic E-state index is -0.962. The van der Waals surface area contributed by atoms with Crippen molar-refractivity contribution in [2.45, 2.75) is 45.8 Å². The monoisotopic (exact) mass is 276 g/mol. The first-order valence-corrected chi connectivity index (χ1v) is 6.97. The van der Waals surface area contributed by atoms with Gasteiger partial charge < -0.3 is 14.8 Å². The summed E-state index contributed by atoms with van der Waals surface area (Å²) in [7, 11) is 0. The van der Waals surface area contributed by atoms with Crippen molar-refractivity contribution in [3.8, 4) is 0 Å². The first-order chi connectivity index (χ1) is 9.58. The fourth-order valence-corrected chi connectivity index (χ4v) is 2.37. The van der Waals surface area contributed by atoms with Crippen LogP contribution in [0, 0.1) is 0 Å². The average molecular weight is 276 g/mol. The largest absolute Gasteiger partial charge is 0.478 e. The maximum atomic E-state index is 11.2. The SMILES string of the molecule is CCc1nc2c(C(=O)O)cccc2n1CCC(O)CC. The number of para-hydroxylation sites is 1. The van der Waals surface area contributed by atoms with Gasteiger partial charge in [-0.15, -0.1) is 0 Å².